The first-order valence-corrected chi connectivity index (χ1v) is 5.86. The molecule has 1 amide bonds. The van der Waals surface area contributed by atoms with Crippen molar-refractivity contribution in [2.24, 2.45) is 10.7 Å². The van der Waals surface area contributed by atoms with Crippen molar-refractivity contribution < 1.29 is 4.79 Å². The number of nitrogens with one attached hydrogen (secondary N) is 2. The van der Waals surface area contributed by atoms with Crippen molar-refractivity contribution in [1.29, 1.82) is 0 Å². The fourth-order valence-electron chi connectivity index (χ4n) is 1.60. The van der Waals surface area contributed by atoms with Crippen molar-refractivity contribution in [1.82, 2.24) is 5.32 Å². The number of hydrogen-bond donors (Lipinski definition) is 3. The highest BCUT2D eigenvalue weighted by atomic mass is 16.1. The van der Waals surface area contributed by atoms with E-state index < -0.39 is 0 Å². The molecular formula is C14H18N4O. The third-order valence-corrected chi connectivity index (χ3v) is 2.27. The number of terminal acetylenes is 1. The second-order valence-corrected chi connectivity index (χ2v) is 4.18. The van der Waals surface area contributed by atoms with Crippen LogP contribution in [-0.2, 0) is 4.79 Å². The molecule has 100 valence electrons. The largest absolute Gasteiger partial charge is 0.370 e. The fraction of sp³-hybridized carbons (Fsp3) is 0.286. The second kappa shape index (κ2) is 7.07. The van der Waals surface area contributed by atoms with E-state index in [1.165, 1.54) is 0 Å². The van der Waals surface area contributed by atoms with E-state index in [0.717, 1.165) is 16.8 Å². The minimum Gasteiger partial charge on any atom is -0.370 e. The smallest absolute Gasteiger partial charge is 0.242 e. The van der Waals surface area contributed by atoms with Crippen LogP contribution in [0.3, 0.4) is 0 Å². The highest BCUT2D eigenvalue weighted by molar-refractivity contribution is 5.94. The first-order valence-electron chi connectivity index (χ1n) is 5.86. The maximum Gasteiger partial charge on any atom is 0.242 e. The first kappa shape index (κ1) is 14.6. The molecule has 1 aromatic rings. The van der Waals surface area contributed by atoms with Gasteiger partial charge in [-0.05, 0) is 37.1 Å². The third kappa shape index (κ3) is 5.59. The van der Waals surface area contributed by atoms with E-state index in [9.17, 15) is 4.79 Å². The summed E-state index contributed by atoms with van der Waals surface area (Å²) in [5.41, 5.74) is 8.81. The lowest BCUT2D eigenvalue weighted by atomic mass is 10.1. The molecule has 1 aromatic carbocycles. The van der Waals surface area contributed by atoms with Crippen molar-refractivity contribution in [2.75, 3.05) is 18.4 Å². The van der Waals surface area contributed by atoms with Crippen molar-refractivity contribution in [3.8, 4) is 12.3 Å². The van der Waals surface area contributed by atoms with Gasteiger partial charge in [-0.15, -0.1) is 6.42 Å². The summed E-state index contributed by atoms with van der Waals surface area (Å²) in [6, 6.07) is 5.97. The van der Waals surface area contributed by atoms with Gasteiger partial charge in [0.1, 0.15) is 6.54 Å². The number of aliphatic imine (C=N–C) groups is 1. The van der Waals surface area contributed by atoms with E-state index in [-0.39, 0.29) is 25.0 Å². The molecule has 0 bridgehead atoms. The van der Waals surface area contributed by atoms with Crippen LogP contribution in [0.1, 0.15) is 11.1 Å². The Morgan fingerprint density at radius 2 is 2.00 bits per heavy atom. The molecule has 0 heterocycles. The van der Waals surface area contributed by atoms with Crippen molar-refractivity contribution in [3.05, 3.63) is 29.3 Å². The SMILES string of the molecule is C#CCNC(=O)CN=C(N)Nc1cc(C)cc(C)c1. The van der Waals surface area contributed by atoms with Crippen molar-refractivity contribution in [2.45, 2.75) is 13.8 Å². The summed E-state index contributed by atoms with van der Waals surface area (Å²) >= 11 is 0. The van der Waals surface area contributed by atoms with Gasteiger partial charge in [-0.25, -0.2) is 4.99 Å². The van der Waals surface area contributed by atoms with Gasteiger partial charge in [-0.1, -0.05) is 12.0 Å². The van der Waals surface area contributed by atoms with Crippen LogP contribution in [0.2, 0.25) is 0 Å². The number of carbonyl (C=O) groups is 1. The van der Waals surface area contributed by atoms with Gasteiger partial charge < -0.3 is 16.4 Å². The maximum atomic E-state index is 11.3. The number of nitrogens with zero attached hydrogens (tertiary/aromatic N) is 1. The lowest BCUT2D eigenvalue weighted by Crippen LogP contribution is -2.29. The molecule has 0 fully saturated rings. The van der Waals surface area contributed by atoms with Crippen LogP contribution in [0.15, 0.2) is 23.2 Å². The van der Waals surface area contributed by atoms with Crippen LogP contribution >= 0.6 is 0 Å². The molecular weight excluding hydrogens is 240 g/mol. The van der Waals surface area contributed by atoms with E-state index in [4.69, 9.17) is 12.2 Å². The normalized spacial score (nSPS) is 10.7. The predicted octanol–water partition coefficient (Wildman–Crippen LogP) is 0.779. The second-order valence-electron chi connectivity index (χ2n) is 4.18. The summed E-state index contributed by atoms with van der Waals surface area (Å²) in [4.78, 5) is 15.2. The molecule has 0 aromatic heterocycles. The Labute approximate surface area is 113 Å². The highest BCUT2D eigenvalue weighted by Crippen LogP contribution is 2.13. The highest BCUT2D eigenvalue weighted by Gasteiger charge is 2.00. The number of hydrogen-bond acceptors (Lipinski definition) is 2. The molecule has 0 unspecified atom stereocenters. The van der Waals surface area contributed by atoms with Gasteiger partial charge in [0.25, 0.3) is 0 Å². The predicted molar refractivity (Wildman–Crippen MR) is 77.9 cm³/mol. The Hall–Kier alpha value is -2.48. The Morgan fingerprint density at radius 3 is 2.58 bits per heavy atom. The zero-order valence-corrected chi connectivity index (χ0v) is 11.2. The summed E-state index contributed by atoms with van der Waals surface area (Å²) < 4.78 is 0. The van der Waals surface area contributed by atoms with E-state index >= 15 is 0 Å². The molecule has 4 N–H and O–H groups in total. The average molecular weight is 258 g/mol. The third-order valence-electron chi connectivity index (χ3n) is 2.27. The fourth-order valence-corrected chi connectivity index (χ4v) is 1.60. The number of guanidine groups is 1. The number of anilines is 1. The summed E-state index contributed by atoms with van der Waals surface area (Å²) in [6.07, 6.45) is 5.03. The summed E-state index contributed by atoms with van der Waals surface area (Å²) in [6.45, 7) is 4.14. The van der Waals surface area contributed by atoms with E-state index in [1.807, 2.05) is 26.0 Å². The van der Waals surface area contributed by atoms with E-state index in [0.29, 0.717) is 0 Å². The molecule has 0 spiro atoms. The van der Waals surface area contributed by atoms with Crippen molar-refractivity contribution in [3.63, 3.8) is 0 Å². The Balaban J connectivity index is 2.56. The minimum absolute atomic E-state index is 0.0503. The summed E-state index contributed by atoms with van der Waals surface area (Å²) in [5.74, 6) is 2.25. The van der Waals surface area contributed by atoms with Gasteiger partial charge in [0.15, 0.2) is 5.96 Å². The molecule has 5 nitrogen and oxygen atoms in total. The van der Waals surface area contributed by atoms with E-state index in [1.54, 1.807) is 0 Å². The number of carbonyl (C=O) groups excluding carboxylic acids is 1. The number of rotatable bonds is 4. The lowest BCUT2D eigenvalue weighted by Gasteiger charge is -2.07. The topological polar surface area (TPSA) is 79.5 Å². The van der Waals surface area contributed by atoms with Gasteiger partial charge in [0, 0.05) is 5.69 Å². The quantitative estimate of drug-likeness (QED) is 0.424. The zero-order valence-electron chi connectivity index (χ0n) is 11.2. The van der Waals surface area contributed by atoms with Gasteiger partial charge >= 0.3 is 0 Å². The van der Waals surface area contributed by atoms with Crippen LogP contribution in [0.4, 0.5) is 5.69 Å². The van der Waals surface area contributed by atoms with Crippen LogP contribution < -0.4 is 16.4 Å². The number of amides is 1. The molecule has 5 heteroatoms. The van der Waals surface area contributed by atoms with E-state index in [2.05, 4.69) is 27.6 Å². The molecule has 0 aliphatic carbocycles. The first-order chi connectivity index (χ1) is 9.01. The molecule has 1 rings (SSSR count). The molecule has 0 saturated heterocycles. The maximum absolute atomic E-state index is 11.3. The van der Waals surface area contributed by atoms with Crippen LogP contribution in [0, 0.1) is 26.2 Å². The number of nitrogens with two attached hydrogens (primary N) is 1. The molecule has 0 atom stereocenters. The molecule has 0 saturated carbocycles. The van der Waals surface area contributed by atoms with Crippen LogP contribution in [0.25, 0.3) is 0 Å². The number of aryl methyl sites for hydroxylation is 2. The monoisotopic (exact) mass is 258 g/mol. The van der Waals surface area contributed by atoms with Gasteiger partial charge in [0.05, 0.1) is 6.54 Å². The molecule has 0 radical (unpaired) electrons. The summed E-state index contributed by atoms with van der Waals surface area (Å²) in [5, 5.41) is 5.45. The van der Waals surface area contributed by atoms with Gasteiger partial charge in [0.2, 0.25) is 5.91 Å². The Bertz CT molecular complexity index is 508. The average Bonchev–Trinajstić information content (AvgIpc) is 2.32. The van der Waals surface area contributed by atoms with Gasteiger partial charge in [-0.3, -0.25) is 4.79 Å². The molecule has 0 aliphatic rings. The molecule has 0 aliphatic heterocycles. The van der Waals surface area contributed by atoms with Crippen LogP contribution in [0.5, 0.6) is 0 Å². The number of benzene rings is 1. The Kier molecular flexibility index (Phi) is 5.42. The van der Waals surface area contributed by atoms with Crippen LogP contribution in [-0.4, -0.2) is 25.0 Å². The standard InChI is InChI=1S/C14H18N4O/c1-4-5-16-13(19)9-17-14(15)18-12-7-10(2)6-11(3)8-12/h1,6-8H,5,9H2,2-3H3,(H,16,19)(H3,15,17,18). The zero-order chi connectivity index (χ0) is 14.3. The summed E-state index contributed by atoms with van der Waals surface area (Å²) in [7, 11) is 0. The van der Waals surface area contributed by atoms with Gasteiger partial charge in [-0.2, -0.15) is 0 Å². The minimum atomic E-state index is -0.261. The van der Waals surface area contributed by atoms with Crippen molar-refractivity contribution >= 4 is 17.6 Å². The molecule has 19 heavy (non-hydrogen) atoms. The Morgan fingerprint density at radius 1 is 1.37 bits per heavy atom. The lowest BCUT2D eigenvalue weighted by molar-refractivity contribution is -0.119.